The number of hydrogen-bond donors (Lipinski definition) is 1. The molecule has 0 aromatic rings. The van der Waals surface area contributed by atoms with Gasteiger partial charge in [0.05, 0.1) is 11.6 Å². The lowest BCUT2D eigenvalue weighted by Crippen LogP contribution is -2.49. The Morgan fingerprint density at radius 3 is 2.50 bits per heavy atom. The van der Waals surface area contributed by atoms with Crippen molar-refractivity contribution in [2.24, 2.45) is 5.92 Å². The van der Waals surface area contributed by atoms with Crippen molar-refractivity contribution >= 4 is 5.91 Å². The zero-order valence-corrected chi connectivity index (χ0v) is 9.58. The number of amides is 1. The summed E-state index contributed by atoms with van der Waals surface area (Å²) in [6.45, 7) is 8.17. The smallest absolute Gasteiger partial charge is 0.225 e. The topological polar surface area (TPSA) is 40.5 Å². The summed E-state index contributed by atoms with van der Waals surface area (Å²) in [6, 6.07) is -0.00241. The van der Waals surface area contributed by atoms with Crippen molar-refractivity contribution in [2.45, 2.75) is 52.2 Å². The fraction of sp³-hybridized carbons (Fsp3) is 0.909. The predicted octanol–water partition coefficient (Wildman–Crippen LogP) is 1.40. The third kappa shape index (κ3) is 2.27. The summed E-state index contributed by atoms with van der Waals surface area (Å²) in [7, 11) is 0. The van der Waals surface area contributed by atoms with E-state index >= 15 is 0 Å². The van der Waals surface area contributed by atoms with Crippen molar-refractivity contribution in [1.29, 1.82) is 0 Å². The minimum atomic E-state index is -0.777. The van der Waals surface area contributed by atoms with E-state index in [0.717, 1.165) is 19.4 Å². The van der Waals surface area contributed by atoms with Crippen molar-refractivity contribution in [3.05, 3.63) is 0 Å². The molecule has 14 heavy (non-hydrogen) atoms. The van der Waals surface area contributed by atoms with Gasteiger partial charge in [-0.25, -0.2) is 0 Å². The third-order valence-corrected chi connectivity index (χ3v) is 2.85. The van der Waals surface area contributed by atoms with E-state index in [9.17, 15) is 9.90 Å². The molecule has 0 unspecified atom stereocenters. The highest BCUT2D eigenvalue weighted by Crippen LogP contribution is 2.27. The molecule has 1 heterocycles. The van der Waals surface area contributed by atoms with Gasteiger partial charge in [-0.05, 0) is 26.7 Å². The van der Waals surface area contributed by atoms with E-state index in [0.29, 0.717) is 0 Å². The molecule has 1 N–H and O–H groups in total. The van der Waals surface area contributed by atoms with Crippen LogP contribution in [0.2, 0.25) is 0 Å². The SMILES string of the molecule is CC(C)C(=O)N1CCC[C@H]1C(C)(C)O. The van der Waals surface area contributed by atoms with E-state index < -0.39 is 5.60 Å². The van der Waals surface area contributed by atoms with E-state index in [1.165, 1.54) is 0 Å². The molecule has 0 bridgehead atoms. The Bertz CT molecular complexity index is 218. The number of hydrogen-bond acceptors (Lipinski definition) is 2. The lowest BCUT2D eigenvalue weighted by molar-refractivity contribution is -0.139. The minimum Gasteiger partial charge on any atom is -0.388 e. The van der Waals surface area contributed by atoms with Crippen LogP contribution in [-0.2, 0) is 4.79 Å². The van der Waals surface area contributed by atoms with Gasteiger partial charge in [0.2, 0.25) is 5.91 Å². The first-order valence-corrected chi connectivity index (χ1v) is 5.37. The van der Waals surface area contributed by atoms with E-state index in [2.05, 4.69) is 0 Å². The number of likely N-dealkylation sites (tertiary alicyclic amines) is 1. The van der Waals surface area contributed by atoms with E-state index in [1.807, 2.05) is 18.7 Å². The molecule has 0 spiro atoms. The quantitative estimate of drug-likeness (QED) is 0.730. The van der Waals surface area contributed by atoms with Crippen LogP contribution in [-0.4, -0.2) is 34.1 Å². The van der Waals surface area contributed by atoms with Crippen LogP contribution in [0.25, 0.3) is 0 Å². The largest absolute Gasteiger partial charge is 0.388 e. The van der Waals surface area contributed by atoms with Crippen LogP contribution >= 0.6 is 0 Å². The van der Waals surface area contributed by atoms with Crippen molar-refractivity contribution in [3.8, 4) is 0 Å². The Labute approximate surface area is 86.1 Å². The second-order valence-electron chi connectivity index (χ2n) is 5.00. The molecule has 0 saturated carbocycles. The van der Waals surface area contributed by atoms with Gasteiger partial charge >= 0.3 is 0 Å². The van der Waals surface area contributed by atoms with Gasteiger partial charge in [0.15, 0.2) is 0 Å². The fourth-order valence-electron chi connectivity index (χ4n) is 2.10. The molecule has 0 aromatic carbocycles. The third-order valence-electron chi connectivity index (χ3n) is 2.85. The number of carbonyl (C=O) groups is 1. The highest BCUT2D eigenvalue weighted by atomic mass is 16.3. The average molecular weight is 199 g/mol. The van der Waals surface area contributed by atoms with Gasteiger partial charge in [-0.1, -0.05) is 13.8 Å². The summed E-state index contributed by atoms with van der Waals surface area (Å²) in [6.07, 6.45) is 1.93. The van der Waals surface area contributed by atoms with Crippen molar-refractivity contribution in [2.75, 3.05) is 6.54 Å². The molecule has 3 nitrogen and oxygen atoms in total. The Kier molecular flexibility index (Phi) is 3.20. The van der Waals surface area contributed by atoms with Crippen LogP contribution in [0.4, 0.5) is 0 Å². The fourth-order valence-corrected chi connectivity index (χ4v) is 2.10. The lowest BCUT2D eigenvalue weighted by Gasteiger charge is -2.34. The molecule has 1 amide bonds. The van der Waals surface area contributed by atoms with Gasteiger partial charge in [-0.3, -0.25) is 4.79 Å². The molecule has 1 atom stereocenters. The average Bonchev–Trinajstić information content (AvgIpc) is 2.48. The maximum Gasteiger partial charge on any atom is 0.225 e. The monoisotopic (exact) mass is 199 g/mol. The summed E-state index contributed by atoms with van der Waals surface area (Å²) in [5.41, 5.74) is -0.777. The van der Waals surface area contributed by atoms with Crippen molar-refractivity contribution in [3.63, 3.8) is 0 Å². The molecule has 1 fully saturated rings. The van der Waals surface area contributed by atoms with Gasteiger partial charge in [0, 0.05) is 12.5 Å². The first-order chi connectivity index (χ1) is 6.34. The van der Waals surface area contributed by atoms with Crippen molar-refractivity contribution < 1.29 is 9.90 Å². The molecule has 0 aliphatic carbocycles. The summed E-state index contributed by atoms with van der Waals surface area (Å²) in [5, 5.41) is 9.92. The molecule has 82 valence electrons. The van der Waals surface area contributed by atoms with Crippen LogP contribution in [0.3, 0.4) is 0 Å². The Morgan fingerprint density at radius 1 is 1.50 bits per heavy atom. The van der Waals surface area contributed by atoms with E-state index in [-0.39, 0.29) is 17.9 Å². The maximum atomic E-state index is 11.8. The Morgan fingerprint density at radius 2 is 2.07 bits per heavy atom. The summed E-state index contributed by atoms with van der Waals surface area (Å²) < 4.78 is 0. The van der Waals surface area contributed by atoms with Gasteiger partial charge in [0.25, 0.3) is 0 Å². The van der Waals surface area contributed by atoms with E-state index in [4.69, 9.17) is 0 Å². The standard InChI is InChI=1S/C11H21NO2/c1-8(2)10(13)12-7-5-6-9(12)11(3,4)14/h8-9,14H,5-7H2,1-4H3/t9-/m0/s1. The second kappa shape index (κ2) is 3.89. The molecule has 1 aliphatic rings. The van der Waals surface area contributed by atoms with Crippen LogP contribution < -0.4 is 0 Å². The van der Waals surface area contributed by atoms with Crippen LogP contribution in [0.15, 0.2) is 0 Å². The second-order valence-corrected chi connectivity index (χ2v) is 5.00. The molecule has 3 heteroatoms. The molecule has 0 aromatic heterocycles. The predicted molar refractivity (Wildman–Crippen MR) is 55.9 cm³/mol. The van der Waals surface area contributed by atoms with Crippen LogP contribution in [0, 0.1) is 5.92 Å². The summed E-state index contributed by atoms with van der Waals surface area (Å²) >= 11 is 0. The lowest BCUT2D eigenvalue weighted by atomic mass is 9.96. The maximum absolute atomic E-state index is 11.8. The number of aliphatic hydroxyl groups is 1. The number of nitrogens with zero attached hydrogens (tertiary/aromatic N) is 1. The van der Waals surface area contributed by atoms with Gasteiger partial charge in [0.1, 0.15) is 0 Å². The zero-order chi connectivity index (χ0) is 10.9. The first-order valence-electron chi connectivity index (χ1n) is 5.37. The zero-order valence-electron chi connectivity index (χ0n) is 9.58. The van der Waals surface area contributed by atoms with Crippen molar-refractivity contribution in [1.82, 2.24) is 4.90 Å². The molecule has 0 radical (unpaired) electrons. The normalized spacial score (nSPS) is 23.3. The van der Waals surface area contributed by atoms with Gasteiger partial charge in [-0.15, -0.1) is 0 Å². The minimum absolute atomic E-state index is 0.00241. The number of carbonyl (C=O) groups excluding carboxylic acids is 1. The first kappa shape index (κ1) is 11.5. The molecule has 1 saturated heterocycles. The van der Waals surface area contributed by atoms with Crippen LogP contribution in [0.5, 0.6) is 0 Å². The van der Waals surface area contributed by atoms with Gasteiger partial charge < -0.3 is 10.0 Å². The molecular formula is C11H21NO2. The van der Waals surface area contributed by atoms with E-state index in [1.54, 1.807) is 13.8 Å². The molecular weight excluding hydrogens is 178 g/mol. The Balaban J connectivity index is 2.74. The Hall–Kier alpha value is -0.570. The molecule has 1 rings (SSSR count). The van der Waals surface area contributed by atoms with Gasteiger partial charge in [-0.2, -0.15) is 0 Å². The summed E-state index contributed by atoms with van der Waals surface area (Å²) in [4.78, 5) is 13.7. The highest BCUT2D eigenvalue weighted by Gasteiger charge is 2.38. The van der Waals surface area contributed by atoms with Crippen LogP contribution in [0.1, 0.15) is 40.5 Å². The summed E-state index contributed by atoms with van der Waals surface area (Å²) in [5.74, 6) is 0.188. The molecule has 1 aliphatic heterocycles. The number of rotatable bonds is 2. The highest BCUT2D eigenvalue weighted by molar-refractivity contribution is 5.78.